The van der Waals surface area contributed by atoms with Gasteiger partial charge in [-0.05, 0) is 45.0 Å². The topological polar surface area (TPSA) is 74.3 Å². The van der Waals surface area contributed by atoms with Crippen molar-refractivity contribution in [2.24, 2.45) is 0 Å². The molecule has 156 valence electrons. The summed E-state index contributed by atoms with van der Waals surface area (Å²) in [6, 6.07) is 4.97. The van der Waals surface area contributed by atoms with Gasteiger partial charge in [0.05, 0.1) is 11.1 Å². The van der Waals surface area contributed by atoms with E-state index in [9.17, 15) is 22.8 Å². The molecule has 0 unspecified atom stereocenters. The molecule has 1 saturated heterocycles. The van der Waals surface area contributed by atoms with Gasteiger partial charge in [-0.15, -0.1) is 11.3 Å². The molecule has 6 nitrogen and oxygen atoms in total. The number of nitrogens with one attached hydrogen (secondary N) is 2. The summed E-state index contributed by atoms with van der Waals surface area (Å²) in [5, 5.41) is 6.65. The fourth-order valence-corrected chi connectivity index (χ4v) is 4.00. The second kappa shape index (κ2) is 8.91. The highest BCUT2D eigenvalue weighted by Gasteiger charge is 2.35. The monoisotopic (exact) mass is 426 g/mol. The summed E-state index contributed by atoms with van der Waals surface area (Å²) in [5.41, 5.74) is -1.40. The van der Waals surface area contributed by atoms with E-state index in [1.807, 2.05) is 0 Å². The molecule has 2 N–H and O–H groups in total. The van der Waals surface area contributed by atoms with Crippen molar-refractivity contribution in [3.8, 4) is 0 Å². The normalized spacial score (nSPS) is 17.3. The number of anilines is 1. The van der Waals surface area contributed by atoms with Crippen LogP contribution >= 0.6 is 11.3 Å². The lowest BCUT2D eigenvalue weighted by atomic mass is 10.1. The van der Waals surface area contributed by atoms with E-state index < -0.39 is 23.2 Å². The molecular weight excluding hydrogens is 405 g/mol. The van der Waals surface area contributed by atoms with E-state index >= 15 is 0 Å². The Labute approximate surface area is 170 Å². The molecule has 2 heterocycles. The van der Waals surface area contributed by atoms with Crippen LogP contribution in [-0.4, -0.2) is 47.9 Å². The Morgan fingerprint density at radius 1 is 1.28 bits per heavy atom. The number of benzene rings is 1. The van der Waals surface area contributed by atoms with Crippen LogP contribution in [0.2, 0.25) is 0 Å². The number of hydrogen-bond acceptors (Lipinski definition) is 5. The minimum Gasteiger partial charge on any atom is -0.351 e. The summed E-state index contributed by atoms with van der Waals surface area (Å²) in [6.45, 7) is 1.57. The summed E-state index contributed by atoms with van der Waals surface area (Å²) < 4.78 is 39.2. The summed E-state index contributed by atoms with van der Waals surface area (Å²) in [4.78, 5) is 30.8. The first kappa shape index (κ1) is 21.3. The lowest BCUT2D eigenvalue weighted by molar-refractivity contribution is -0.137. The third-order valence-corrected chi connectivity index (χ3v) is 5.63. The molecule has 10 heteroatoms. The molecule has 0 bridgehead atoms. The minimum atomic E-state index is -4.64. The molecule has 3 rings (SSSR count). The molecule has 0 radical (unpaired) electrons. The Balaban J connectivity index is 1.57. The second-order valence-electron chi connectivity index (χ2n) is 6.86. The van der Waals surface area contributed by atoms with Gasteiger partial charge in [0.2, 0.25) is 0 Å². The van der Waals surface area contributed by atoms with Crippen molar-refractivity contribution in [1.29, 1.82) is 0 Å². The van der Waals surface area contributed by atoms with E-state index in [2.05, 4.69) is 27.6 Å². The Bertz CT molecular complexity index is 884. The highest BCUT2D eigenvalue weighted by Crippen LogP contribution is 2.32. The fourth-order valence-electron chi connectivity index (χ4n) is 3.32. The lowest BCUT2D eigenvalue weighted by Gasteiger charge is -2.19. The summed E-state index contributed by atoms with van der Waals surface area (Å²) in [7, 11) is 2.06. The lowest BCUT2D eigenvalue weighted by Crippen LogP contribution is -2.31. The smallest absolute Gasteiger partial charge is 0.351 e. The van der Waals surface area contributed by atoms with E-state index in [0.29, 0.717) is 12.6 Å². The molecule has 2 amide bonds. The number of carbonyl (C=O) groups excluding carboxylic acids is 2. The number of hydrogen-bond donors (Lipinski definition) is 2. The maximum Gasteiger partial charge on any atom is 0.417 e. The first-order valence-corrected chi connectivity index (χ1v) is 10.0. The number of amides is 2. The van der Waals surface area contributed by atoms with Gasteiger partial charge in [0.1, 0.15) is 5.69 Å². The van der Waals surface area contributed by atoms with Crippen LogP contribution in [0.15, 0.2) is 29.6 Å². The standard InChI is InChI=1S/C19H21F3N4O2S/c1-26-10-4-5-12(26)8-9-23-17(28)15-11-29-18(24-15)25-16(27)13-6-2-3-7-14(13)19(20,21)22/h2-3,6-7,11-12H,4-5,8-10H2,1H3,(H,23,28)(H,24,25,27)/t12-/m0/s1. The van der Waals surface area contributed by atoms with Crippen LogP contribution in [0.3, 0.4) is 0 Å². The number of nitrogens with zero attached hydrogens (tertiary/aromatic N) is 2. The van der Waals surface area contributed by atoms with Crippen molar-refractivity contribution >= 4 is 28.3 Å². The van der Waals surface area contributed by atoms with Gasteiger partial charge in [0.25, 0.3) is 11.8 Å². The highest BCUT2D eigenvalue weighted by molar-refractivity contribution is 7.14. The van der Waals surface area contributed by atoms with E-state index in [1.54, 1.807) is 0 Å². The van der Waals surface area contributed by atoms with Crippen LogP contribution in [0.25, 0.3) is 0 Å². The predicted octanol–water partition coefficient (Wildman–Crippen LogP) is 3.63. The van der Waals surface area contributed by atoms with Gasteiger partial charge in [-0.25, -0.2) is 4.98 Å². The molecular formula is C19H21F3N4O2S. The second-order valence-corrected chi connectivity index (χ2v) is 7.71. The van der Waals surface area contributed by atoms with E-state index in [4.69, 9.17) is 0 Å². The number of rotatable bonds is 6. The molecule has 1 fully saturated rings. The number of likely N-dealkylation sites (tertiary alicyclic amines) is 1. The van der Waals surface area contributed by atoms with Crippen molar-refractivity contribution in [1.82, 2.24) is 15.2 Å². The summed E-state index contributed by atoms with van der Waals surface area (Å²) in [5.74, 6) is -1.30. The van der Waals surface area contributed by atoms with Gasteiger partial charge in [-0.1, -0.05) is 12.1 Å². The summed E-state index contributed by atoms with van der Waals surface area (Å²) >= 11 is 0.980. The van der Waals surface area contributed by atoms with Crippen LogP contribution in [0.4, 0.5) is 18.3 Å². The number of carbonyl (C=O) groups is 2. The zero-order valence-electron chi connectivity index (χ0n) is 15.8. The van der Waals surface area contributed by atoms with Crippen molar-refractivity contribution in [2.45, 2.75) is 31.5 Å². The third-order valence-electron chi connectivity index (χ3n) is 4.87. The number of alkyl halides is 3. The van der Waals surface area contributed by atoms with E-state index in [1.165, 1.54) is 17.5 Å². The van der Waals surface area contributed by atoms with E-state index in [0.717, 1.165) is 49.3 Å². The number of aromatic nitrogens is 1. The Kier molecular flexibility index (Phi) is 6.53. The Morgan fingerprint density at radius 3 is 2.72 bits per heavy atom. The van der Waals surface area contributed by atoms with Crippen LogP contribution in [0.5, 0.6) is 0 Å². The molecule has 1 aromatic carbocycles. The molecule has 0 aliphatic carbocycles. The van der Waals surface area contributed by atoms with Gasteiger partial charge >= 0.3 is 6.18 Å². The first-order valence-electron chi connectivity index (χ1n) is 9.17. The average molecular weight is 426 g/mol. The maximum absolute atomic E-state index is 13.1. The SMILES string of the molecule is CN1CCC[C@H]1CCNC(=O)c1csc(NC(=O)c2ccccc2C(F)(F)F)n1. The molecule has 0 spiro atoms. The third kappa shape index (κ3) is 5.33. The fraction of sp³-hybridized carbons (Fsp3) is 0.421. The van der Waals surface area contributed by atoms with Crippen LogP contribution in [-0.2, 0) is 6.18 Å². The molecule has 29 heavy (non-hydrogen) atoms. The van der Waals surface area contributed by atoms with Gasteiger partial charge in [-0.3, -0.25) is 14.9 Å². The molecule has 2 aromatic rings. The van der Waals surface area contributed by atoms with Crippen LogP contribution in [0, 0.1) is 0 Å². The van der Waals surface area contributed by atoms with Gasteiger partial charge in [-0.2, -0.15) is 13.2 Å². The zero-order chi connectivity index (χ0) is 21.0. The Hall–Kier alpha value is -2.46. The van der Waals surface area contributed by atoms with Gasteiger partial charge < -0.3 is 10.2 Å². The average Bonchev–Trinajstić information content (AvgIpc) is 3.30. The molecule has 1 atom stereocenters. The van der Waals surface area contributed by atoms with Crippen LogP contribution < -0.4 is 10.6 Å². The van der Waals surface area contributed by atoms with Crippen molar-refractivity contribution in [2.75, 3.05) is 25.5 Å². The quantitative estimate of drug-likeness (QED) is 0.740. The Morgan fingerprint density at radius 2 is 2.03 bits per heavy atom. The molecule has 0 saturated carbocycles. The van der Waals surface area contributed by atoms with Crippen LogP contribution in [0.1, 0.15) is 45.7 Å². The number of thiazole rings is 1. The molecule has 1 aliphatic heterocycles. The number of halogens is 3. The van der Waals surface area contributed by atoms with E-state index in [-0.39, 0.29) is 16.7 Å². The first-order chi connectivity index (χ1) is 13.8. The zero-order valence-corrected chi connectivity index (χ0v) is 16.6. The minimum absolute atomic E-state index is 0.0626. The molecule has 1 aliphatic rings. The summed E-state index contributed by atoms with van der Waals surface area (Å²) in [6.07, 6.45) is -1.54. The molecule has 1 aromatic heterocycles. The van der Waals surface area contributed by atoms with Gasteiger partial charge in [0.15, 0.2) is 5.13 Å². The van der Waals surface area contributed by atoms with Crippen molar-refractivity contribution in [3.05, 3.63) is 46.5 Å². The largest absolute Gasteiger partial charge is 0.417 e. The maximum atomic E-state index is 13.1. The van der Waals surface area contributed by atoms with Crippen molar-refractivity contribution < 1.29 is 22.8 Å². The van der Waals surface area contributed by atoms with Crippen molar-refractivity contribution in [3.63, 3.8) is 0 Å². The van der Waals surface area contributed by atoms with Gasteiger partial charge in [0, 0.05) is 18.0 Å². The highest BCUT2D eigenvalue weighted by atomic mass is 32.1. The predicted molar refractivity (Wildman–Crippen MR) is 104 cm³/mol.